The largest absolute Gasteiger partial charge is 0.453 e. The van der Waals surface area contributed by atoms with E-state index in [1.807, 2.05) is 17.7 Å². The maximum atomic E-state index is 13.8. The van der Waals surface area contributed by atoms with Gasteiger partial charge in [0, 0.05) is 32.6 Å². The molecule has 3 aromatic rings. The maximum Gasteiger partial charge on any atom is 0.243 e. The van der Waals surface area contributed by atoms with Gasteiger partial charge in [0.05, 0.1) is 6.04 Å². The molecule has 3 saturated heterocycles. The van der Waals surface area contributed by atoms with Crippen molar-refractivity contribution in [3.63, 3.8) is 0 Å². The summed E-state index contributed by atoms with van der Waals surface area (Å²) in [4.78, 5) is 18.3. The number of amides is 1. The van der Waals surface area contributed by atoms with Crippen LogP contribution < -0.4 is 0 Å². The minimum absolute atomic E-state index is 0.168. The molecular formula is C24H27N5O2S. The van der Waals surface area contributed by atoms with Gasteiger partial charge in [0.2, 0.25) is 5.91 Å². The molecule has 0 unspecified atom stereocenters. The Morgan fingerprint density at radius 3 is 2.94 bits per heavy atom. The van der Waals surface area contributed by atoms with Gasteiger partial charge in [-0.05, 0) is 61.2 Å². The number of hydrogen-bond acceptors (Lipinski definition) is 6. The Morgan fingerprint density at radius 1 is 1.25 bits per heavy atom. The highest BCUT2D eigenvalue weighted by atomic mass is 32.2. The molecule has 6 rings (SSSR count). The highest BCUT2D eigenvalue weighted by Gasteiger charge is 2.65. The van der Waals surface area contributed by atoms with Crippen molar-refractivity contribution < 1.29 is 9.21 Å². The summed E-state index contributed by atoms with van der Waals surface area (Å²) in [6, 6.07) is 12.6. The van der Waals surface area contributed by atoms with Crippen LogP contribution in [0.3, 0.4) is 0 Å². The zero-order valence-corrected chi connectivity index (χ0v) is 19.2. The van der Waals surface area contributed by atoms with E-state index in [2.05, 4.69) is 57.3 Å². The number of aryl methyl sites for hydroxylation is 2. The predicted molar refractivity (Wildman–Crippen MR) is 120 cm³/mol. The lowest BCUT2D eigenvalue weighted by molar-refractivity contribution is -0.137. The van der Waals surface area contributed by atoms with Gasteiger partial charge in [0.15, 0.2) is 10.2 Å². The average molecular weight is 450 g/mol. The third-order valence-corrected chi connectivity index (χ3v) is 8.51. The molecule has 0 radical (unpaired) electrons. The van der Waals surface area contributed by atoms with Crippen molar-refractivity contribution in [1.82, 2.24) is 24.6 Å². The number of rotatable bonds is 5. The van der Waals surface area contributed by atoms with Gasteiger partial charge in [0.25, 0.3) is 0 Å². The first-order valence-corrected chi connectivity index (χ1v) is 12.1. The smallest absolute Gasteiger partial charge is 0.243 e. The second-order valence-corrected chi connectivity index (χ2v) is 10.2. The van der Waals surface area contributed by atoms with Crippen LogP contribution in [-0.4, -0.2) is 49.1 Å². The molecule has 0 N–H and O–H groups in total. The molecule has 2 aromatic heterocycles. The van der Waals surface area contributed by atoms with Gasteiger partial charge >= 0.3 is 0 Å². The first kappa shape index (κ1) is 20.1. The second kappa shape index (κ2) is 7.49. The van der Waals surface area contributed by atoms with E-state index >= 15 is 0 Å². The summed E-state index contributed by atoms with van der Waals surface area (Å²) < 4.78 is 8.13. The van der Waals surface area contributed by atoms with E-state index in [0.717, 1.165) is 48.4 Å². The molecule has 3 aliphatic heterocycles. The fourth-order valence-electron chi connectivity index (χ4n) is 6.00. The first-order chi connectivity index (χ1) is 15.6. The van der Waals surface area contributed by atoms with Crippen LogP contribution in [0.1, 0.15) is 42.2 Å². The molecule has 0 aliphatic carbocycles. The molecule has 0 bridgehead atoms. The van der Waals surface area contributed by atoms with Gasteiger partial charge in [-0.2, -0.15) is 0 Å². The van der Waals surface area contributed by atoms with Crippen molar-refractivity contribution in [2.24, 2.45) is 13.0 Å². The van der Waals surface area contributed by atoms with E-state index in [0.29, 0.717) is 18.4 Å². The average Bonchev–Trinajstić information content (AvgIpc) is 3.57. The molecule has 32 heavy (non-hydrogen) atoms. The standard InChI is InChI=1S/C24H27N5O2S/c1-16-6-3-4-7-17(16)13-28-14-18-12-19(29-11-5-10-24(18,29)22(28)30)20-8-9-21(31-20)32-23-26-25-15-27(23)2/h3-4,6-9,15,18-19H,5,10-14H2,1-2H3/t18-,19-,24-/m0/s1. The van der Waals surface area contributed by atoms with Crippen molar-refractivity contribution in [1.29, 1.82) is 0 Å². The van der Waals surface area contributed by atoms with Crippen molar-refractivity contribution in [2.75, 3.05) is 13.1 Å². The Morgan fingerprint density at radius 2 is 2.12 bits per heavy atom. The number of nitrogens with zero attached hydrogens (tertiary/aromatic N) is 5. The molecule has 3 aliphatic rings. The lowest BCUT2D eigenvalue weighted by Crippen LogP contribution is -2.49. The van der Waals surface area contributed by atoms with Gasteiger partial charge < -0.3 is 13.9 Å². The topological polar surface area (TPSA) is 67.4 Å². The highest BCUT2D eigenvalue weighted by molar-refractivity contribution is 7.99. The summed E-state index contributed by atoms with van der Waals surface area (Å²) in [5.74, 6) is 1.63. The molecule has 5 heterocycles. The minimum atomic E-state index is -0.350. The fraction of sp³-hybridized carbons (Fsp3) is 0.458. The van der Waals surface area contributed by atoms with Crippen molar-refractivity contribution in [3.8, 4) is 0 Å². The number of likely N-dealkylation sites (tertiary alicyclic amines) is 1. The molecule has 8 heteroatoms. The molecule has 3 fully saturated rings. The molecule has 7 nitrogen and oxygen atoms in total. The van der Waals surface area contributed by atoms with Gasteiger partial charge in [-0.15, -0.1) is 10.2 Å². The summed E-state index contributed by atoms with van der Waals surface area (Å²) in [6.45, 7) is 4.63. The SMILES string of the molecule is Cc1ccccc1CN1C[C@@H]2C[C@@H](c3ccc(Sc4nncn4C)o3)N3CCC[C@@]23C1=O. The molecule has 1 aromatic carbocycles. The number of hydrogen-bond donors (Lipinski definition) is 0. The van der Waals surface area contributed by atoms with E-state index < -0.39 is 0 Å². The summed E-state index contributed by atoms with van der Waals surface area (Å²) in [5, 5.41) is 9.68. The van der Waals surface area contributed by atoms with Crippen LogP contribution in [0.4, 0.5) is 0 Å². The Kier molecular flexibility index (Phi) is 4.69. The highest BCUT2D eigenvalue weighted by Crippen LogP contribution is 2.56. The lowest BCUT2D eigenvalue weighted by Gasteiger charge is -2.33. The van der Waals surface area contributed by atoms with E-state index in [1.54, 1.807) is 6.33 Å². The Labute approximate surface area is 191 Å². The molecule has 3 atom stereocenters. The lowest BCUT2D eigenvalue weighted by atomic mass is 9.85. The Bertz CT molecular complexity index is 1170. The van der Waals surface area contributed by atoms with E-state index in [1.165, 1.54) is 22.9 Å². The van der Waals surface area contributed by atoms with Crippen LogP contribution in [0.25, 0.3) is 0 Å². The maximum absolute atomic E-state index is 13.8. The van der Waals surface area contributed by atoms with Gasteiger partial charge in [0.1, 0.15) is 17.6 Å². The van der Waals surface area contributed by atoms with Crippen LogP contribution in [-0.2, 0) is 18.4 Å². The van der Waals surface area contributed by atoms with Crippen LogP contribution >= 0.6 is 11.8 Å². The predicted octanol–water partition coefficient (Wildman–Crippen LogP) is 3.81. The number of carbonyl (C=O) groups is 1. The summed E-state index contributed by atoms with van der Waals surface area (Å²) >= 11 is 1.48. The first-order valence-electron chi connectivity index (χ1n) is 11.3. The summed E-state index contributed by atoms with van der Waals surface area (Å²) in [6.07, 6.45) is 4.68. The van der Waals surface area contributed by atoms with Crippen LogP contribution in [0.5, 0.6) is 0 Å². The van der Waals surface area contributed by atoms with Gasteiger partial charge in [-0.3, -0.25) is 9.69 Å². The van der Waals surface area contributed by atoms with E-state index in [-0.39, 0.29) is 11.6 Å². The number of furan rings is 1. The Balaban J connectivity index is 1.23. The zero-order chi connectivity index (χ0) is 21.9. The monoisotopic (exact) mass is 449 g/mol. The number of carbonyl (C=O) groups excluding carboxylic acids is 1. The molecule has 1 amide bonds. The van der Waals surface area contributed by atoms with Crippen molar-refractivity contribution in [2.45, 2.75) is 54.6 Å². The zero-order valence-electron chi connectivity index (χ0n) is 18.4. The van der Waals surface area contributed by atoms with Crippen LogP contribution in [0.15, 0.2) is 57.4 Å². The number of aromatic nitrogens is 3. The van der Waals surface area contributed by atoms with Crippen molar-refractivity contribution in [3.05, 3.63) is 59.6 Å². The van der Waals surface area contributed by atoms with E-state index in [4.69, 9.17) is 4.42 Å². The summed E-state index contributed by atoms with van der Waals surface area (Å²) in [5.41, 5.74) is 2.14. The van der Waals surface area contributed by atoms with Gasteiger partial charge in [-0.1, -0.05) is 24.3 Å². The molecular weight excluding hydrogens is 422 g/mol. The molecule has 1 spiro atoms. The molecule has 166 valence electrons. The third kappa shape index (κ3) is 2.96. The third-order valence-electron chi connectivity index (χ3n) is 7.54. The second-order valence-electron chi connectivity index (χ2n) is 9.27. The quantitative estimate of drug-likeness (QED) is 0.590. The van der Waals surface area contributed by atoms with E-state index in [9.17, 15) is 4.79 Å². The normalized spacial score (nSPS) is 27.3. The van der Waals surface area contributed by atoms with Crippen LogP contribution in [0.2, 0.25) is 0 Å². The summed E-state index contributed by atoms with van der Waals surface area (Å²) in [7, 11) is 1.92. The van der Waals surface area contributed by atoms with Crippen LogP contribution in [0, 0.1) is 12.8 Å². The molecule has 0 saturated carbocycles. The Hall–Kier alpha value is -2.58. The van der Waals surface area contributed by atoms with Crippen molar-refractivity contribution >= 4 is 17.7 Å². The van der Waals surface area contributed by atoms with Gasteiger partial charge in [-0.25, -0.2) is 0 Å². The number of benzene rings is 1. The fourth-order valence-corrected chi connectivity index (χ4v) is 6.73. The minimum Gasteiger partial charge on any atom is -0.453 e.